The Balaban J connectivity index is 2.02. The smallest absolute Gasteiger partial charge is 0.336 e. The molecule has 0 heterocycles. The molecule has 98 valence electrons. The van der Waals surface area contributed by atoms with Gasteiger partial charge >= 0.3 is 5.97 Å². The zero-order valence-electron chi connectivity index (χ0n) is 10.9. The second-order valence-electron chi connectivity index (χ2n) is 4.12. The number of carbonyl (C=O) groups excluding carboxylic acids is 1. The maximum Gasteiger partial charge on any atom is 0.336 e. The number of benzene rings is 2. The average molecular weight is 256 g/mol. The highest BCUT2D eigenvalue weighted by atomic mass is 16.5. The molecule has 0 aliphatic carbocycles. The van der Waals surface area contributed by atoms with Gasteiger partial charge in [-0.2, -0.15) is 0 Å². The van der Waals surface area contributed by atoms with Crippen LogP contribution in [0.2, 0.25) is 0 Å². The number of carbonyl (C=O) groups is 1. The van der Waals surface area contributed by atoms with Crippen molar-refractivity contribution in [2.75, 3.05) is 13.2 Å². The summed E-state index contributed by atoms with van der Waals surface area (Å²) in [7, 11) is 0. The molecule has 3 nitrogen and oxygen atoms in total. The second kappa shape index (κ2) is 6.05. The van der Waals surface area contributed by atoms with Gasteiger partial charge in [0.2, 0.25) is 0 Å². The Kier molecular flexibility index (Phi) is 4.18. The van der Waals surface area contributed by atoms with Gasteiger partial charge in [-0.15, -0.1) is 0 Å². The van der Waals surface area contributed by atoms with Crippen LogP contribution in [-0.4, -0.2) is 19.2 Å². The number of fused-ring (bicyclic) bond motifs is 1. The Labute approximate surface area is 112 Å². The molecule has 19 heavy (non-hydrogen) atoms. The highest BCUT2D eigenvalue weighted by molar-refractivity contribution is 5.88. The van der Waals surface area contributed by atoms with Gasteiger partial charge in [-0.25, -0.2) is 4.79 Å². The van der Waals surface area contributed by atoms with Crippen LogP contribution >= 0.6 is 0 Å². The molecule has 0 amide bonds. The van der Waals surface area contributed by atoms with E-state index in [0.29, 0.717) is 17.9 Å². The lowest BCUT2D eigenvalue weighted by atomic mass is 10.1. The van der Waals surface area contributed by atoms with Crippen LogP contribution in [-0.2, 0) is 9.53 Å². The highest BCUT2D eigenvalue weighted by Crippen LogP contribution is 2.20. The molecule has 0 spiro atoms. The third-order valence-electron chi connectivity index (χ3n) is 2.70. The summed E-state index contributed by atoms with van der Waals surface area (Å²) < 4.78 is 10.4. The number of hydrogen-bond donors (Lipinski definition) is 0. The number of rotatable bonds is 5. The van der Waals surface area contributed by atoms with E-state index in [1.54, 1.807) is 6.92 Å². The number of hydrogen-bond acceptors (Lipinski definition) is 3. The number of ether oxygens (including phenoxy) is 2. The lowest BCUT2D eigenvalue weighted by molar-refractivity contribution is -0.138. The lowest BCUT2D eigenvalue weighted by Crippen LogP contribution is -2.13. The largest absolute Gasteiger partial charge is 0.489 e. The quantitative estimate of drug-likeness (QED) is 0.608. The fourth-order valence-corrected chi connectivity index (χ4v) is 1.72. The van der Waals surface area contributed by atoms with Gasteiger partial charge in [-0.05, 0) is 29.8 Å². The Bertz CT molecular complexity index is 602. The summed E-state index contributed by atoms with van der Waals surface area (Å²) in [6, 6.07) is 13.8. The van der Waals surface area contributed by atoms with Gasteiger partial charge in [0.05, 0.1) is 12.2 Å². The van der Waals surface area contributed by atoms with Gasteiger partial charge in [0.15, 0.2) is 0 Å². The van der Waals surface area contributed by atoms with Crippen LogP contribution in [0.25, 0.3) is 10.8 Å². The SMILES string of the molecule is C=C(COc1ccc2ccccc2c1)C(=O)OCC. The summed E-state index contributed by atoms with van der Waals surface area (Å²) in [5, 5.41) is 2.25. The van der Waals surface area contributed by atoms with Gasteiger partial charge in [0.25, 0.3) is 0 Å². The van der Waals surface area contributed by atoms with Gasteiger partial charge in [-0.3, -0.25) is 0 Å². The summed E-state index contributed by atoms with van der Waals surface area (Å²) in [5.41, 5.74) is 0.315. The van der Waals surface area contributed by atoms with Crippen LogP contribution in [0.3, 0.4) is 0 Å². The van der Waals surface area contributed by atoms with Crippen molar-refractivity contribution in [3.05, 3.63) is 54.6 Å². The highest BCUT2D eigenvalue weighted by Gasteiger charge is 2.08. The van der Waals surface area contributed by atoms with E-state index in [1.807, 2.05) is 42.5 Å². The normalized spacial score (nSPS) is 10.2. The molecule has 0 saturated carbocycles. The Morgan fingerprint density at radius 2 is 1.89 bits per heavy atom. The van der Waals surface area contributed by atoms with E-state index < -0.39 is 5.97 Å². The number of esters is 1. The van der Waals surface area contributed by atoms with E-state index in [4.69, 9.17) is 9.47 Å². The van der Waals surface area contributed by atoms with E-state index in [9.17, 15) is 4.79 Å². The summed E-state index contributed by atoms with van der Waals surface area (Å²) in [4.78, 5) is 11.4. The van der Waals surface area contributed by atoms with Crippen molar-refractivity contribution in [3.63, 3.8) is 0 Å². The van der Waals surface area contributed by atoms with Crippen LogP contribution < -0.4 is 4.74 Å². The standard InChI is InChI=1S/C16H16O3/c1-3-18-16(17)12(2)11-19-15-9-8-13-6-4-5-7-14(13)10-15/h4-10H,2-3,11H2,1H3. The fraction of sp³-hybridized carbons (Fsp3) is 0.188. The molecular weight excluding hydrogens is 240 g/mol. The minimum absolute atomic E-state index is 0.136. The molecule has 0 unspecified atom stereocenters. The van der Waals surface area contributed by atoms with Crippen molar-refractivity contribution in [2.24, 2.45) is 0 Å². The Morgan fingerprint density at radius 3 is 2.63 bits per heavy atom. The average Bonchev–Trinajstić information content (AvgIpc) is 2.44. The zero-order chi connectivity index (χ0) is 13.7. The molecule has 0 aromatic heterocycles. The first-order chi connectivity index (χ1) is 9.20. The van der Waals surface area contributed by atoms with Crippen molar-refractivity contribution in [1.29, 1.82) is 0 Å². The molecule has 0 fully saturated rings. The fourth-order valence-electron chi connectivity index (χ4n) is 1.72. The molecule has 3 heteroatoms. The molecule has 0 aliphatic rings. The van der Waals surface area contributed by atoms with Gasteiger partial charge in [-0.1, -0.05) is 36.9 Å². The maximum atomic E-state index is 11.4. The molecule has 2 aromatic carbocycles. The first-order valence-corrected chi connectivity index (χ1v) is 6.17. The maximum absolute atomic E-state index is 11.4. The predicted octanol–water partition coefficient (Wildman–Crippen LogP) is 3.34. The molecule has 0 N–H and O–H groups in total. The minimum atomic E-state index is -0.414. The van der Waals surface area contributed by atoms with Crippen molar-refractivity contribution < 1.29 is 14.3 Å². The van der Waals surface area contributed by atoms with Gasteiger partial charge in [0, 0.05) is 0 Å². The van der Waals surface area contributed by atoms with Gasteiger partial charge < -0.3 is 9.47 Å². The molecule has 0 saturated heterocycles. The first kappa shape index (κ1) is 13.1. The lowest BCUT2D eigenvalue weighted by Gasteiger charge is -2.08. The summed E-state index contributed by atoms with van der Waals surface area (Å²) in [5.74, 6) is 0.299. The van der Waals surface area contributed by atoms with E-state index in [-0.39, 0.29) is 6.61 Å². The molecule has 0 radical (unpaired) electrons. The third kappa shape index (κ3) is 3.35. The first-order valence-electron chi connectivity index (χ1n) is 6.17. The molecule has 2 rings (SSSR count). The minimum Gasteiger partial charge on any atom is -0.489 e. The molecule has 2 aromatic rings. The molecule has 0 atom stereocenters. The monoisotopic (exact) mass is 256 g/mol. The van der Waals surface area contributed by atoms with Crippen LogP contribution in [0.15, 0.2) is 54.6 Å². The third-order valence-corrected chi connectivity index (χ3v) is 2.70. The summed E-state index contributed by atoms with van der Waals surface area (Å²) >= 11 is 0. The molecular formula is C16H16O3. The molecule has 0 aliphatic heterocycles. The van der Waals surface area contributed by atoms with E-state index >= 15 is 0 Å². The van der Waals surface area contributed by atoms with Crippen LogP contribution in [0, 0.1) is 0 Å². The summed E-state index contributed by atoms with van der Waals surface area (Å²) in [6.07, 6.45) is 0. The van der Waals surface area contributed by atoms with Crippen molar-refractivity contribution in [1.82, 2.24) is 0 Å². The van der Waals surface area contributed by atoms with Crippen LogP contribution in [0.5, 0.6) is 5.75 Å². The van der Waals surface area contributed by atoms with Crippen LogP contribution in [0.1, 0.15) is 6.92 Å². The van der Waals surface area contributed by atoms with Crippen LogP contribution in [0.4, 0.5) is 0 Å². The van der Waals surface area contributed by atoms with Crippen molar-refractivity contribution in [3.8, 4) is 5.75 Å². The molecule has 0 bridgehead atoms. The van der Waals surface area contributed by atoms with E-state index in [2.05, 4.69) is 6.58 Å². The van der Waals surface area contributed by atoms with Crippen molar-refractivity contribution >= 4 is 16.7 Å². The second-order valence-corrected chi connectivity index (χ2v) is 4.12. The van der Waals surface area contributed by atoms with E-state index in [0.717, 1.165) is 10.8 Å². The van der Waals surface area contributed by atoms with Crippen molar-refractivity contribution in [2.45, 2.75) is 6.92 Å². The zero-order valence-corrected chi connectivity index (χ0v) is 10.9. The Hall–Kier alpha value is -2.29. The predicted molar refractivity (Wildman–Crippen MR) is 75.2 cm³/mol. The topological polar surface area (TPSA) is 35.5 Å². The summed E-state index contributed by atoms with van der Waals surface area (Å²) in [6.45, 7) is 5.89. The van der Waals surface area contributed by atoms with E-state index in [1.165, 1.54) is 0 Å². The van der Waals surface area contributed by atoms with Gasteiger partial charge in [0.1, 0.15) is 12.4 Å². The Morgan fingerprint density at radius 1 is 1.16 bits per heavy atom.